The van der Waals surface area contributed by atoms with Crippen LogP contribution in [0.5, 0.6) is 0 Å². The Hall–Kier alpha value is -0.440. The third-order valence-electron chi connectivity index (χ3n) is 1.83. The maximum absolute atomic E-state index is 11.4. The van der Waals surface area contributed by atoms with Crippen molar-refractivity contribution < 1.29 is 4.79 Å². The molecule has 1 fully saturated rings. The van der Waals surface area contributed by atoms with Gasteiger partial charge in [-0.15, -0.1) is 0 Å². The zero-order valence-corrected chi connectivity index (χ0v) is 7.78. The van der Waals surface area contributed by atoms with E-state index in [2.05, 4.69) is 0 Å². The second-order valence-electron chi connectivity index (χ2n) is 3.14. The molecule has 11 heavy (non-hydrogen) atoms. The summed E-state index contributed by atoms with van der Waals surface area (Å²) in [7, 11) is 0. The highest BCUT2D eigenvalue weighted by Crippen LogP contribution is 2.14. The topological polar surface area (TPSA) is 20.3 Å². The van der Waals surface area contributed by atoms with Gasteiger partial charge in [0.15, 0.2) is 0 Å². The molecule has 1 amide bonds. The van der Waals surface area contributed by atoms with Gasteiger partial charge < -0.3 is 4.90 Å². The van der Waals surface area contributed by atoms with E-state index >= 15 is 0 Å². The Morgan fingerprint density at radius 3 is 2.64 bits per heavy atom. The van der Waals surface area contributed by atoms with Gasteiger partial charge in [-0.2, -0.15) is 0 Å². The number of hydrogen-bond donors (Lipinski definition) is 0. The average molecular weight is 171 g/mol. The molecule has 0 bridgehead atoms. The fourth-order valence-corrected chi connectivity index (χ4v) is 1.52. The van der Waals surface area contributed by atoms with E-state index in [-0.39, 0.29) is 11.8 Å². The van der Waals surface area contributed by atoms with Crippen molar-refractivity contribution in [2.45, 2.75) is 26.7 Å². The number of rotatable bonds is 1. The average Bonchev–Trinajstić information content (AvgIpc) is 2.33. The van der Waals surface area contributed by atoms with Crippen molar-refractivity contribution in [1.82, 2.24) is 4.90 Å². The molecule has 0 radical (unpaired) electrons. The van der Waals surface area contributed by atoms with Gasteiger partial charge in [0.1, 0.15) is 0 Å². The van der Waals surface area contributed by atoms with Gasteiger partial charge in [-0.25, -0.2) is 0 Å². The molecule has 0 aliphatic carbocycles. The molecule has 0 unspecified atom stereocenters. The molecular formula is C8H13NOS. The predicted octanol–water partition coefficient (Wildman–Crippen LogP) is 1.59. The van der Waals surface area contributed by atoms with Crippen LogP contribution in [-0.4, -0.2) is 22.3 Å². The van der Waals surface area contributed by atoms with Gasteiger partial charge in [0, 0.05) is 18.9 Å². The van der Waals surface area contributed by atoms with E-state index in [4.69, 9.17) is 12.2 Å². The molecule has 3 heteroatoms. The second kappa shape index (κ2) is 3.30. The van der Waals surface area contributed by atoms with E-state index in [1.54, 1.807) is 4.90 Å². The Labute approximate surface area is 72.6 Å². The molecule has 0 atom stereocenters. The van der Waals surface area contributed by atoms with Crippen LogP contribution in [0.25, 0.3) is 0 Å². The number of carbonyl (C=O) groups is 1. The van der Waals surface area contributed by atoms with Crippen molar-refractivity contribution in [3.05, 3.63) is 0 Å². The molecule has 0 spiro atoms. The highest BCUT2D eigenvalue weighted by molar-refractivity contribution is 7.80. The van der Waals surface area contributed by atoms with Crippen molar-refractivity contribution in [2.75, 3.05) is 6.54 Å². The lowest BCUT2D eigenvalue weighted by Crippen LogP contribution is -2.34. The van der Waals surface area contributed by atoms with Crippen molar-refractivity contribution in [3.63, 3.8) is 0 Å². The standard InChI is InChI=1S/C8H13NOS/c1-6(2)8(10)9-5-3-4-7(9)11/h6H,3-5H2,1-2H3. The summed E-state index contributed by atoms with van der Waals surface area (Å²) < 4.78 is 0. The highest BCUT2D eigenvalue weighted by Gasteiger charge is 2.24. The van der Waals surface area contributed by atoms with Gasteiger partial charge in [-0.05, 0) is 6.42 Å². The Bertz CT molecular complexity index is 189. The molecule has 1 heterocycles. The van der Waals surface area contributed by atoms with Crippen LogP contribution in [0.2, 0.25) is 0 Å². The summed E-state index contributed by atoms with van der Waals surface area (Å²) in [6.45, 7) is 4.64. The zero-order valence-electron chi connectivity index (χ0n) is 6.96. The first-order valence-corrected chi connectivity index (χ1v) is 4.38. The van der Waals surface area contributed by atoms with Crippen LogP contribution < -0.4 is 0 Å². The van der Waals surface area contributed by atoms with E-state index in [0.29, 0.717) is 0 Å². The molecule has 0 N–H and O–H groups in total. The third kappa shape index (κ3) is 1.77. The molecule has 1 aliphatic heterocycles. The smallest absolute Gasteiger partial charge is 0.229 e. The van der Waals surface area contributed by atoms with Gasteiger partial charge in [0.25, 0.3) is 0 Å². The molecule has 1 saturated heterocycles. The van der Waals surface area contributed by atoms with Gasteiger partial charge in [-0.1, -0.05) is 26.1 Å². The van der Waals surface area contributed by atoms with Crippen LogP contribution in [0.15, 0.2) is 0 Å². The van der Waals surface area contributed by atoms with Crippen LogP contribution in [0.1, 0.15) is 26.7 Å². The monoisotopic (exact) mass is 171 g/mol. The second-order valence-corrected chi connectivity index (χ2v) is 3.61. The molecule has 1 rings (SSSR count). The van der Waals surface area contributed by atoms with Crippen molar-refractivity contribution in [3.8, 4) is 0 Å². The molecule has 0 aromatic carbocycles. The summed E-state index contributed by atoms with van der Waals surface area (Å²) in [6.07, 6.45) is 1.95. The quantitative estimate of drug-likeness (QED) is 0.558. The minimum absolute atomic E-state index is 0.0750. The largest absolute Gasteiger partial charge is 0.306 e. The lowest BCUT2D eigenvalue weighted by Gasteiger charge is -2.17. The minimum atomic E-state index is 0.0750. The molecule has 62 valence electrons. The molecule has 1 aliphatic rings. The first-order chi connectivity index (χ1) is 5.13. The number of amides is 1. The lowest BCUT2D eigenvalue weighted by atomic mass is 10.2. The fourth-order valence-electron chi connectivity index (χ4n) is 1.19. The zero-order chi connectivity index (χ0) is 8.43. The van der Waals surface area contributed by atoms with E-state index in [0.717, 1.165) is 24.4 Å². The molecule has 0 aromatic heterocycles. The number of thiocarbonyl (C=S) groups is 1. The van der Waals surface area contributed by atoms with Crippen LogP contribution in [0.4, 0.5) is 0 Å². The molecule has 2 nitrogen and oxygen atoms in total. The Morgan fingerprint density at radius 1 is 1.64 bits per heavy atom. The number of hydrogen-bond acceptors (Lipinski definition) is 2. The summed E-state index contributed by atoms with van der Waals surface area (Å²) in [5.74, 6) is 0.249. The maximum Gasteiger partial charge on any atom is 0.229 e. The van der Waals surface area contributed by atoms with Crippen LogP contribution in [0, 0.1) is 5.92 Å². The number of nitrogens with zero attached hydrogens (tertiary/aromatic N) is 1. The van der Waals surface area contributed by atoms with E-state index in [1.807, 2.05) is 13.8 Å². The van der Waals surface area contributed by atoms with Gasteiger partial charge in [0.2, 0.25) is 5.91 Å². The first-order valence-electron chi connectivity index (χ1n) is 3.97. The van der Waals surface area contributed by atoms with Gasteiger partial charge in [-0.3, -0.25) is 4.79 Å². The SMILES string of the molecule is CC(C)C(=O)N1CCCC1=S. The van der Waals surface area contributed by atoms with Crippen molar-refractivity contribution >= 4 is 23.1 Å². The van der Waals surface area contributed by atoms with Crippen molar-refractivity contribution in [2.24, 2.45) is 5.92 Å². The summed E-state index contributed by atoms with van der Waals surface area (Å²) in [5, 5.41) is 0. The third-order valence-corrected chi connectivity index (χ3v) is 2.26. The first kappa shape index (κ1) is 8.65. The van der Waals surface area contributed by atoms with E-state index in [9.17, 15) is 4.79 Å². The van der Waals surface area contributed by atoms with E-state index < -0.39 is 0 Å². The maximum atomic E-state index is 11.4. The number of carbonyl (C=O) groups excluding carboxylic acids is 1. The number of likely N-dealkylation sites (tertiary alicyclic amines) is 1. The minimum Gasteiger partial charge on any atom is -0.306 e. The Balaban J connectivity index is 2.60. The van der Waals surface area contributed by atoms with Gasteiger partial charge >= 0.3 is 0 Å². The lowest BCUT2D eigenvalue weighted by molar-refractivity contribution is -0.130. The fraction of sp³-hybridized carbons (Fsp3) is 0.750. The molecule has 0 saturated carbocycles. The molecular weight excluding hydrogens is 158 g/mol. The van der Waals surface area contributed by atoms with Gasteiger partial charge in [0.05, 0.1) is 4.99 Å². The van der Waals surface area contributed by atoms with Crippen LogP contribution >= 0.6 is 12.2 Å². The highest BCUT2D eigenvalue weighted by atomic mass is 32.1. The summed E-state index contributed by atoms with van der Waals surface area (Å²) in [5.41, 5.74) is 0. The van der Waals surface area contributed by atoms with Crippen molar-refractivity contribution in [1.29, 1.82) is 0 Å². The Morgan fingerprint density at radius 2 is 2.27 bits per heavy atom. The molecule has 0 aromatic rings. The van der Waals surface area contributed by atoms with E-state index in [1.165, 1.54) is 0 Å². The predicted molar refractivity (Wildman–Crippen MR) is 48.4 cm³/mol. The Kier molecular flexibility index (Phi) is 2.60. The summed E-state index contributed by atoms with van der Waals surface area (Å²) in [6, 6.07) is 0. The van der Waals surface area contributed by atoms with Crippen LogP contribution in [-0.2, 0) is 4.79 Å². The normalized spacial score (nSPS) is 18.1. The summed E-state index contributed by atoms with van der Waals surface area (Å²) >= 11 is 5.04. The van der Waals surface area contributed by atoms with Crippen LogP contribution in [0.3, 0.4) is 0 Å². The summed E-state index contributed by atoms with van der Waals surface area (Å²) in [4.78, 5) is 14.0.